The summed E-state index contributed by atoms with van der Waals surface area (Å²) < 4.78 is 1.79. The van der Waals surface area contributed by atoms with Gasteiger partial charge in [0.1, 0.15) is 18.4 Å². The molecule has 5 rings (SSSR count). The zero-order valence-electron chi connectivity index (χ0n) is 16.6. The molecule has 0 fully saturated rings. The van der Waals surface area contributed by atoms with Crippen molar-refractivity contribution >= 4 is 34.5 Å². The van der Waals surface area contributed by atoms with Crippen molar-refractivity contribution < 1.29 is 4.79 Å². The van der Waals surface area contributed by atoms with Crippen LogP contribution < -0.4 is 4.90 Å². The number of rotatable bonds is 4. The molecular weight excluding hydrogens is 374 g/mol. The molecule has 30 heavy (non-hydrogen) atoms. The third-order valence-corrected chi connectivity index (χ3v) is 5.33. The summed E-state index contributed by atoms with van der Waals surface area (Å²) in [6.45, 7) is 2.08. The minimum atomic E-state index is 0.488. The maximum absolute atomic E-state index is 11.3. The molecule has 146 valence electrons. The first kappa shape index (κ1) is 18.0. The molecular formula is C24H19N5O. The van der Waals surface area contributed by atoms with Crippen molar-refractivity contribution in [1.29, 1.82) is 0 Å². The van der Waals surface area contributed by atoms with Gasteiger partial charge in [0.25, 0.3) is 5.78 Å². The summed E-state index contributed by atoms with van der Waals surface area (Å²) in [6.07, 6.45) is 2.45. The first-order valence-corrected chi connectivity index (χ1v) is 9.63. The Morgan fingerprint density at radius 2 is 1.80 bits per heavy atom. The predicted molar refractivity (Wildman–Crippen MR) is 118 cm³/mol. The molecule has 0 aliphatic carbocycles. The van der Waals surface area contributed by atoms with E-state index in [4.69, 9.17) is 4.98 Å². The van der Waals surface area contributed by atoms with Crippen LogP contribution in [0.25, 0.3) is 27.8 Å². The topological polar surface area (TPSA) is 63.4 Å². The highest BCUT2D eigenvalue weighted by Gasteiger charge is 2.15. The van der Waals surface area contributed by atoms with Gasteiger partial charge in [0.2, 0.25) is 0 Å². The zero-order valence-corrected chi connectivity index (χ0v) is 16.6. The number of aldehydes is 1. The van der Waals surface area contributed by atoms with Crippen molar-refractivity contribution in [2.75, 3.05) is 11.9 Å². The number of carbonyl (C=O) groups excluding carboxylic acids is 1. The highest BCUT2D eigenvalue weighted by atomic mass is 16.1. The molecule has 6 heteroatoms. The van der Waals surface area contributed by atoms with E-state index in [9.17, 15) is 4.79 Å². The standard InChI is InChI=1S/C24H19N5O/c1-16-6-9-18(10-7-16)19-4-3-5-20(13-19)28(2)23-21-11-8-17(14-30)12-22(21)29-15-25-27-24(29)26-23/h3-15H,1-2H3. The Hall–Kier alpha value is -4.06. The summed E-state index contributed by atoms with van der Waals surface area (Å²) in [7, 11) is 1.98. The average Bonchev–Trinajstić information content (AvgIpc) is 3.27. The van der Waals surface area contributed by atoms with Crippen LogP contribution >= 0.6 is 0 Å². The van der Waals surface area contributed by atoms with E-state index in [1.54, 1.807) is 16.8 Å². The van der Waals surface area contributed by atoms with Crippen LogP contribution in [0.5, 0.6) is 0 Å². The molecule has 2 heterocycles. The van der Waals surface area contributed by atoms with Gasteiger partial charge < -0.3 is 4.90 Å². The second-order valence-corrected chi connectivity index (χ2v) is 7.31. The lowest BCUT2D eigenvalue weighted by Gasteiger charge is -2.21. The van der Waals surface area contributed by atoms with Gasteiger partial charge in [-0.25, -0.2) is 0 Å². The molecule has 0 saturated heterocycles. The number of hydrogen-bond donors (Lipinski definition) is 0. The van der Waals surface area contributed by atoms with Crippen molar-refractivity contribution in [3.63, 3.8) is 0 Å². The van der Waals surface area contributed by atoms with Crippen LogP contribution in [0.15, 0.2) is 73.1 Å². The van der Waals surface area contributed by atoms with Crippen molar-refractivity contribution in [2.24, 2.45) is 0 Å². The number of carbonyl (C=O) groups is 1. The van der Waals surface area contributed by atoms with Crippen molar-refractivity contribution in [1.82, 2.24) is 19.6 Å². The Bertz CT molecular complexity index is 1390. The van der Waals surface area contributed by atoms with Crippen LogP contribution in [0.2, 0.25) is 0 Å². The maximum atomic E-state index is 11.3. The fourth-order valence-corrected chi connectivity index (χ4v) is 3.66. The number of nitrogens with zero attached hydrogens (tertiary/aromatic N) is 5. The quantitative estimate of drug-likeness (QED) is 0.409. The van der Waals surface area contributed by atoms with Gasteiger partial charge in [0.05, 0.1) is 5.52 Å². The third kappa shape index (κ3) is 2.99. The molecule has 0 radical (unpaired) electrons. The average molecular weight is 393 g/mol. The lowest BCUT2D eigenvalue weighted by Crippen LogP contribution is -2.13. The first-order valence-electron chi connectivity index (χ1n) is 9.63. The van der Waals surface area contributed by atoms with Gasteiger partial charge in [-0.2, -0.15) is 4.98 Å². The summed E-state index contributed by atoms with van der Waals surface area (Å²) in [6, 6.07) is 22.4. The van der Waals surface area contributed by atoms with E-state index in [2.05, 4.69) is 59.6 Å². The maximum Gasteiger partial charge on any atom is 0.257 e. The second-order valence-electron chi connectivity index (χ2n) is 7.31. The summed E-state index contributed by atoms with van der Waals surface area (Å²) in [5.41, 5.74) is 5.97. The van der Waals surface area contributed by atoms with Gasteiger partial charge in [0, 0.05) is 23.7 Å². The number of benzene rings is 3. The molecule has 0 amide bonds. The Kier molecular flexibility index (Phi) is 4.25. The SMILES string of the molecule is Cc1ccc(-c2cccc(N(C)c3nc4nncn4c4cc(C=O)ccc34)c2)cc1. The van der Waals surface area contributed by atoms with Crippen molar-refractivity contribution in [3.05, 3.63) is 84.2 Å². The van der Waals surface area contributed by atoms with E-state index in [1.165, 1.54) is 5.56 Å². The third-order valence-electron chi connectivity index (χ3n) is 5.33. The molecule has 0 aliphatic heterocycles. The van der Waals surface area contributed by atoms with Crippen LogP contribution in [-0.4, -0.2) is 32.9 Å². The first-order chi connectivity index (χ1) is 14.6. The van der Waals surface area contributed by atoms with Gasteiger partial charge in [-0.3, -0.25) is 9.20 Å². The van der Waals surface area contributed by atoms with E-state index < -0.39 is 0 Å². The molecule has 0 aliphatic rings. The van der Waals surface area contributed by atoms with Crippen LogP contribution in [0.3, 0.4) is 0 Å². The Morgan fingerprint density at radius 3 is 2.60 bits per heavy atom. The number of fused-ring (bicyclic) bond motifs is 3. The minimum Gasteiger partial charge on any atom is -0.329 e. The number of anilines is 2. The van der Waals surface area contributed by atoms with E-state index in [-0.39, 0.29) is 0 Å². The second kappa shape index (κ2) is 7.08. The molecule has 0 N–H and O–H groups in total. The highest BCUT2D eigenvalue weighted by Crippen LogP contribution is 2.32. The number of aryl methyl sites for hydroxylation is 1. The summed E-state index contributed by atoms with van der Waals surface area (Å²) >= 11 is 0. The van der Waals surface area contributed by atoms with E-state index in [1.807, 2.05) is 30.1 Å². The fraction of sp³-hybridized carbons (Fsp3) is 0.0833. The summed E-state index contributed by atoms with van der Waals surface area (Å²) in [5.74, 6) is 1.24. The molecule has 5 aromatic rings. The monoisotopic (exact) mass is 393 g/mol. The van der Waals surface area contributed by atoms with E-state index >= 15 is 0 Å². The van der Waals surface area contributed by atoms with E-state index in [0.29, 0.717) is 11.3 Å². The summed E-state index contributed by atoms with van der Waals surface area (Å²) in [5, 5.41) is 9.02. The largest absolute Gasteiger partial charge is 0.329 e. The van der Waals surface area contributed by atoms with Crippen LogP contribution in [0.4, 0.5) is 11.5 Å². The Labute approximate surface area is 173 Å². The lowest BCUT2D eigenvalue weighted by molar-refractivity contribution is 0.112. The van der Waals surface area contributed by atoms with Gasteiger partial charge in [-0.05, 0) is 42.3 Å². The van der Waals surface area contributed by atoms with Crippen LogP contribution in [0.1, 0.15) is 15.9 Å². The van der Waals surface area contributed by atoms with E-state index in [0.717, 1.165) is 39.8 Å². The molecule has 0 unspecified atom stereocenters. The van der Waals surface area contributed by atoms with Crippen molar-refractivity contribution in [3.8, 4) is 11.1 Å². The Morgan fingerprint density at radius 1 is 0.967 bits per heavy atom. The smallest absolute Gasteiger partial charge is 0.257 e. The van der Waals surface area contributed by atoms with Gasteiger partial charge in [-0.15, -0.1) is 10.2 Å². The molecule has 3 aromatic carbocycles. The lowest BCUT2D eigenvalue weighted by atomic mass is 10.0. The van der Waals surface area contributed by atoms with Gasteiger partial charge in [0.15, 0.2) is 0 Å². The number of aromatic nitrogens is 4. The minimum absolute atomic E-state index is 0.488. The fourth-order valence-electron chi connectivity index (χ4n) is 3.66. The highest BCUT2D eigenvalue weighted by molar-refractivity contribution is 5.96. The predicted octanol–water partition coefficient (Wildman–Crippen LogP) is 4.83. The molecule has 2 aromatic heterocycles. The molecule has 0 saturated carbocycles. The van der Waals surface area contributed by atoms with Crippen molar-refractivity contribution in [2.45, 2.75) is 6.92 Å². The molecule has 0 bridgehead atoms. The van der Waals surface area contributed by atoms with Crippen LogP contribution in [0, 0.1) is 6.92 Å². The normalized spacial score (nSPS) is 11.1. The number of hydrogen-bond acceptors (Lipinski definition) is 5. The molecule has 0 spiro atoms. The molecule has 0 atom stereocenters. The zero-order chi connectivity index (χ0) is 20.7. The molecule has 6 nitrogen and oxygen atoms in total. The Balaban J connectivity index is 1.65. The van der Waals surface area contributed by atoms with Gasteiger partial charge >= 0.3 is 0 Å². The summed E-state index contributed by atoms with van der Waals surface area (Å²) in [4.78, 5) is 18.1. The van der Waals surface area contributed by atoms with Crippen LogP contribution in [-0.2, 0) is 0 Å². The van der Waals surface area contributed by atoms with Gasteiger partial charge in [-0.1, -0.05) is 48.0 Å².